The smallest absolute Gasteiger partial charge is 0.337 e. The van der Waals surface area contributed by atoms with Gasteiger partial charge >= 0.3 is 5.97 Å². The number of carbonyl (C=O) groups excluding carboxylic acids is 1. The fourth-order valence-electron chi connectivity index (χ4n) is 2.12. The molecular formula is C17H25BrO4. The van der Waals surface area contributed by atoms with Gasteiger partial charge in [0, 0.05) is 5.33 Å². The molecule has 0 heterocycles. The predicted molar refractivity (Wildman–Crippen MR) is 91.3 cm³/mol. The Bertz CT molecular complexity index is 448. The Balaban J connectivity index is 2.34. The molecule has 1 aromatic rings. The van der Waals surface area contributed by atoms with Crippen LogP contribution in [0.15, 0.2) is 18.2 Å². The van der Waals surface area contributed by atoms with Gasteiger partial charge in [0.15, 0.2) is 11.5 Å². The van der Waals surface area contributed by atoms with Crippen LogP contribution >= 0.6 is 15.9 Å². The molecule has 0 bridgehead atoms. The molecule has 0 aliphatic rings. The van der Waals surface area contributed by atoms with E-state index in [1.165, 1.54) is 39.2 Å². The highest BCUT2D eigenvalue weighted by Gasteiger charge is 2.11. The number of unbranched alkanes of at least 4 members (excludes halogenated alkanes) is 5. The second-order valence-corrected chi connectivity index (χ2v) is 5.81. The number of hydrogen-bond acceptors (Lipinski definition) is 4. The van der Waals surface area contributed by atoms with Crippen molar-refractivity contribution in [2.45, 2.75) is 38.5 Å². The lowest BCUT2D eigenvalue weighted by Gasteiger charge is -2.11. The molecule has 5 heteroatoms. The van der Waals surface area contributed by atoms with E-state index in [1.807, 2.05) is 0 Å². The Hall–Kier alpha value is -1.23. The quantitative estimate of drug-likeness (QED) is 0.323. The number of benzene rings is 1. The van der Waals surface area contributed by atoms with E-state index in [0.29, 0.717) is 23.7 Å². The van der Waals surface area contributed by atoms with Gasteiger partial charge in [0.25, 0.3) is 0 Å². The van der Waals surface area contributed by atoms with Gasteiger partial charge in [-0.05, 0) is 31.0 Å². The standard InChI is InChI=1S/C17H25BrO4/c1-20-16-13-14(17(19)21-2)9-10-15(16)22-12-8-6-4-3-5-7-11-18/h9-10,13H,3-8,11-12H2,1-2H3. The van der Waals surface area contributed by atoms with E-state index in [9.17, 15) is 4.79 Å². The number of rotatable bonds is 11. The molecule has 0 spiro atoms. The van der Waals surface area contributed by atoms with E-state index in [2.05, 4.69) is 15.9 Å². The van der Waals surface area contributed by atoms with Crippen molar-refractivity contribution < 1.29 is 19.0 Å². The molecule has 1 aromatic carbocycles. The van der Waals surface area contributed by atoms with Crippen molar-refractivity contribution in [3.05, 3.63) is 23.8 Å². The van der Waals surface area contributed by atoms with Crippen LogP contribution in [0.1, 0.15) is 48.9 Å². The minimum absolute atomic E-state index is 0.381. The first-order valence-corrected chi connectivity index (χ1v) is 8.80. The Morgan fingerprint density at radius 1 is 1.00 bits per heavy atom. The van der Waals surface area contributed by atoms with Gasteiger partial charge in [-0.2, -0.15) is 0 Å². The van der Waals surface area contributed by atoms with Crippen LogP contribution in [0.25, 0.3) is 0 Å². The average molecular weight is 373 g/mol. The zero-order chi connectivity index (χ0) is 16.2. The van der Waals surface area contributed by atoms with E-state index in [0.717, 1.165) is 11.8 Å². The van der Waals surface area contributed by atoms with Crippen molar-refractivity contribution in [2.75, 3.05) is 26.2 Å². The molecule has 4 nitrogen and oxygen atoms in total. The Morgan fingerprint density at radius 2 is 1.68 bits per heavy atom. The van der Waals surface area contributed by atoms with Crippen LogP contribution in [-0.2, 0) is 4.74 Å². The number of halogens is 1. The highest BCUT2D eigenvalue weighted by Crippen LogP contribution is 2.28. The summed E-state index contributed by atoms with van der Waals surface area (Å²) in [5.74, 6) is 0.836. The first-order valence-electron chi connectivity index (χ1n) is 7.68. The molecule has 0 fully saturated rings. The molecule has 0 atom stereocenters. The summed E-state index contributed by atoms with van der Waals surface area (Å²) in [5, 5.41) is 1.09. The highest BCUT2D eigenvalue weighted by molar-refractivity contribution is 9.09. The van der Waals surface area contributed by atoms with Crippen molar-refractivity contribution in [3.8, 4) is 11.5 Å². The minimum atomic E-state index is -0.381. The molecule has 0 aliphatic carbocycles. The predicted octanol–water partition coefficient (Wildman–Crippen LogP) is 4.60. The van der Waals surface area contributed by atoms with Gasteiger partial charge < -0.3 is 14.2 Å². The van der Waals surface area contributed by atoms with Crippen LogP contribution in [0.4, 0.5) is 0 Å². The first-order chi connectivity index (χ1) is 10.7. The normalized spacial score (nSPS) is 10.3. The molecule has 1 rings (SSSR count). The molecule has 124 valence electrons. The fraction of sp³-hybridized carbons (Fsp3) is 0.588. The maximum Gasteiger partial charge on any atom is 0.337 e. The summed E-state index contributed by atoms with van der Waals surface area (Å²) in [4.78, 5) is 11.5. The summed E-state index contributed by atoms with van der Waals surface area (Å²) in [5.41, 5.74) is 0.457. The topological polar surface area (TPSA) is 44.8 Å². The first kappa shape index (κ1) is 18.8. The van der Waals surface area contributed by atoms with Gasteiger partial charge in [-0.15, -0.1) is 0 Å². The van der Waals surface area contributed by atoms with Crippen LogP contribution in [-0.4, -0.2) is 32.1 Å². The van der Waals surface area contributed by atoms with Crippen molar-refractivity contribution >= 4 is 21.9 Å². The number of hydrogen-bond donors (Lipinski definition) is 0. The zero-order valence-corrected chi connectivity index (χ0v) is 15.0. The second kappa shape index (κ2) is 11.4. The van der Waals surface area contributed by atoms with E-state index in [4.69, 9.17) is 14.2 Å². The SMILES string of the molecule is COC(=O)c1ccc(OCCCCCCCCBr)c(OC)c1. The number of ether oxygens (including phenoxy) is 3. The molecule has 0 aromatic heterocycles. The van der Waals surface area contributed by atoms with Crippen molar-refractivity contribution in [1.29, 1.82) is 0 Å². The third-order valence-electron chi connectivity index (χ3n) is 3.37. The maximum atomic E-state index is 11.5. The van der Waals surface area contributed by atoms with Crippen molar-refractivity contribution in [1.82, 2.24) is 0 Å². The molecule has 0 saturated carbocycles. The van der Waals surface area contributed by atoms with Gasteiger partial charge in [0.05, 0.1) is 26.4 Å². The summed E-state index contributed by atoms with van der Waals surface area (Å²) in [6.45, 7) is 0.659. The van der Waals surface area contributed by atoms with Gasteiger partial charge in [0.2, 0.25) is 0 Å². The summed E-state index contributed by atoms with van der Waals surface area (Å²) >= 11 is 3.44. The van der Waals surface area contributed by atoms with E-state index >= 15 is 0 Å². The molecule has 22 heavy (non-hydrogen) atoms. The van der Waals surface area contributed by atoms with Crippen molar-refractivity contribution in [3.63, 3.8) is 0 Å². The van der Waals surface area contributed by atoms with E-state index < -0.39 is 0 Å². The minimum Gasteiger partial charge on any atom is -0.493 e. The summed E-state index contributed by atoms with van der Waals surface area (Å²) in [6, 6.07) is 5.08. The van der Waals surface area contributed by atoms with E-state index in [-0.39, 0.29) is 5.97 Å². The number of alkyl halides is 1. The van der Waals surface area contributed by atoms with Gasteiger partial charge in [-0.25, -0.2) is 4.79 Å². The molecule has 0 N–H and O–H groups in total. The van der Waals surface area contributed by atoms with Crippen molar-refractivity contribution in [2.24, 2.45) is 0 Å². The third-order valence-corrected chi connectivity index (χ3v) is 3.93. The number of esters is 1. The molecular weight excluding hydrogens is 348 g/mol. The lowest BCUT2D eigenvalue weighted by Crippen LogP contribution is -2.04. The summed E-state index contributed by atoms with van der Waals surface area (Å²) in [6.07, 6.45) is 7.26. The fourth-order valence-corrected chi connectivity index (χ4v) is 2.51. The maximum absolute atomic E-state index is 11.5. The van der Waals surface area contributed by atoms with Gasteiger partial charge in [-0.3, -0.25) is 0 Å². The lowest BCUT2D eigenvalue weighted by molar-refractivity contribution is 0.0600. The summed E-state index contributed by atoms with van der Waals surface area (Å²) < 4.78 is 15.7. The zero-order valence-electron chi connectivity index (χ0n) is 13.4. The lowest BCUT2D eigenvalue weighted by atomic mass is 10.1. The molecule has 0 radical (unpaired) electrons. The molecule has 0 unspecified atom stereocenters. The van der Waals surface area contributed by atoms with Crippen LogP contribution in [0.3, 0.4) is 0 Å². The summed E-state index contributed by atoms with van der Waals surface area (Å²) in [7, 11) is 2.92. The number of methoxy groups -OCH3 is 2. The molecule has 0 aliphatic heterocycles. The number of carbonyl (C=O) groups is 1. The second-order valence-electron chi connectivity index (χ2n) is 5.02. The van der Waals surface area contributed by atoms with E-state index in [1.54, 1.807) is 25.3 Å². The largest absolute Gasteiger partial charge is 0.493 e. The van der Waals surface area contributed by atoms with Crippen LogP contribution in [0.5, 0.6) is 11.5 Å². The monoisotopic (exact) mass is 372 g/mol. The Labute approximate surface area is 141 Å². The van der Waals surface area contributed by atoms with Crippen LogP contribution in [0, 0.1) is 0 Å². The Morgan fingerprint density at radius 3 is 2.32 bits per heavy atom. The van der Waals surface area contributed by atoms with Gasteiger partial charge in [0.1, 0.15) is 0 Å². The van der Waals surface area contributed by atoms with Gasteiger partial charge in [-0.1, -0.05) is 41.6 Å². The third kappa shape index (κ3) is 6.69. The molecule has 0 saturated heterocycles. The average Bonchev–Trinajstić information content (AvgIpc) is 2.56. The molecule has 0 amide bonds. The Kier molecular flexibility index (Phi) is 9.71. The highest BCUT2D eigenvalue weighted by atomic mass is 79.9. The van der Waals surface area contributed by atoms with Crippen LogP contribution in [0.2, 0.25) is 0 Å². The van der Waals surface area contributed by atoms with Crippen LogP contribution < -0.4 is 9.47 Å².